The summed E-state index contributed by atoms with van der Waals surface area (Å²) < 4.78 is 0.897. The summed E-state index contributed by atoms with van der Waals surface area (Å²) in [4.78, 5) is 36.8. The fourth-order valence-corrected chi connectivity index (χ4v) is 4.24. The molecule has 2 aromatic heterocycles. The number of rotatable bonds is 6. The van der Waals surface area contributed by atoms with Crippen LogP contribution >= 0.6 is 23.1 Å². The normalized spacial score (nSPS) is 10.9. The molecule has 0 saturated heterocycles. The minimum Gasteiger partial charge on any atom is -0.326 e. The number of hydrogen-bond donors (Lipinski definition) is 2. The van der Waals surface area contributed by atoms with Crippen molar-refractivity contribution in [2.45, 2.75) is 38.8 Å². The zero-order valence-corrected chi connectivity index (χ0v) is 17.8. The predicted molar refractivity (Wildman–Crippen MR) is 114 cm³/mol. The molecular formula is C19H21N5O2S2. The van der Waals surface area contributed by atoms with Gasteiger partial charge >= 0.3 is 0 Å². The van der Waals surface area contributed by atoms with Gasteiger partial charge in [0.2, 0.25) is 11.8 Å². The molecular weight excluding hydrogens is 394 g/mol. The van der Waals surface area contributed by atoms with Gasteiger partial charge in [-0.2, -0.15) is 0 Å². The zero-order chi connectivity index (χ0) is 20.3. The second-order valence-electron chi connectivity index (χ2n) is 6.29. The number of hydrogen-bond acceptors (Lipinski definition) is 7. The molecule has 7 nitrogen and oxygen atoms in total. The topological polar surface area (TPSA) is 96.9 Å². The van der Waals surface area contributed by atoms with Gasteiger partial charge in [-0.3, -0.25) is 9.59 Å². The Morgan fingerprint density at radius 2 is 1.82 bits per heavy atom. The van der Waals surface area contributed by atoms with Crippen LogP contribution in [-0.2, 0) is 16.0 Å². The van der Waals surface area contributed by atoms with E-state index in [0.717, 1.165) is 32.3 Å². The van der Waals surface area contributed by atoms with Gasteiger partial charge in [0.25, 0.3) is 0 Å². The maximum absolute atomic E-state index is 12.4. The first-order chi connectivity index (χ1) is 13.4. The van der Waals surface area contributed by atoms with Gasteiger partial charge in [0, 0.05) is 30.4 Å². The first kappa shape index (κ1) is 20.2. The Labute approximate surface area is 171 Å². The maximum Gasteiger partial charge on any atom is 0.224 e. The molecule has 2 heterocycles. The molecule has 9 heteroatoms. The van der Waals surface area contributed by atoms with Crippen molar-refractivity contribution < 1.29 is 9.59 Å². The van der Waals surface area contributed by atoms with Crippen molar-refractivity contribution >= 4 is 55.9 Å². The molecule has 3 aromatic rings. The van der Waals surface area contributed by atoms with Gasteiger partial charge in [-0.1, -0.05) is 23.1 Å². The predicted octanol–water partition coefficient (Wildman–Crippen LogP) is 3.95. The summed E-state index contributed by atoms with van der Waals surface area (Å²) >= 11 is 2.88. The quantitative estimate of drug-likeness (QED) is 0.467. The molecule has 28 heavy (non-hydrogen) atoms. The van der Waals surface area contributed by atoms with E-state index in [4.69, 9.17) is 0 Å². The Kier molecular flexibility index (Phi) is 6.25. The van der Waals surface area contributed by atoms with Crippen LogP contribution in [0.3, 0.4) is 0 Å². The van der Waals surface area contributed by atoms with Gasteiger partial charge in [-0.05, 0) is 50.3 Å². The molecule has 0 bridgehead atoms. The second-order valence-corrected chi connectivity index (χ2v) is 8.09. The molecule has 0 fully saturated rings. The first-order valence-corrected chi connectivity index (χ1v) is 10.8. The Morgan fingerprint density at radius 3 is 2.46 bits per heavy atom. The summed E-state index contributed by atoms with van der Waals surface area (Å²) in [7, 11) is 0. The van der Waals surface area contributed by atoms with Crippen LogP contribution in [0.1, 0.15) is 30.3 Å². The lowest BCUT2D eigenvalue weighted by molar-refractivity contribution is -0.116. The minimum atomic E-state index is -0.160. The summed E-state index contributed by atoms with van der Waals surface area (Å²) in [5.74, 6) is -0.230. The number of aryl methyl sites for hydroxylation is 2. The summed E-state index contributed by atoms with van der Waals surface area (Å²) in [6, 6.07) is 5.50. The Bertz CT molecular complexity index is 1020. The van der Waals surface area contributed by atoms with E-state index < -0.39 is 0 Å². The molecule has 0 aliphatic carbocycles. The number of thiazole rings is 1. The highest BCUT2D eigenvalue weighted by Gasteiger charge is 2.12. The molecule has 2 N–H and O–H groups in total. The number of benzene rings is 1. The first-order valence-electron chi connectivity index (χ1n) is 8.72. The van der Waals surface area contributed by atoms with Crippen molar-refractivity contribution in [3.63, 3.8) is 0 Å². The van der Waals surface area contributed by atoms with Gasteiger partial charge in [-0.25, -0.2) is 15.0 Å². The molecule has 0 unspecified atom stereocenters. The largest absolute Gasteiger partial charge is 0.326 e. The van der Waals surface area contributed by atoms with E-state index in [1.807, 2.05) is 38.3 Å². The lowest BCUT2D eigenvalue weighted by Crippen LogP contribution is -2.13. The van der Waals surface area contributed by atoms with Gasteiger partial charge in [0.1, 0.15) is 0 Å². The molecule has 0 aliphatic rings. The molecule has 0 atom stereocenters. The lowest BCUT2D eigenvalue weighted by atomic mass is 10.1. The molecule has 2 amide bonds. The van der Waals surface area contributed by atoms with Crippen molar-refractivity contribution in [3.05, 3.63) is 35.2 Å². The molecule has 0 radical (unpaired) electrons. The van der Waals surface area contributed by atoms with Crippen LogP contribution in [0.4, 0.5) is 10.8 Å². The van der Waals surface area contributed by atoms with Crippen molar-refractivity contribution in [3.8, 4) is 0 Å². The van der Waals surface area contributed by atoms with E-state index in [1.165, 1.54) is 30.0 Å². The van der Waals surface area contributed by atoms with E-state index in [9.17, 15) is 9.59 Å². The van der Waals surface area contributed by atoms with Gasteiger partial charge in [-0.15, -0.1) is 0 Å². The van der Waals surface area contributed by atoms with Gasteiger partial charge in [0.15, 0.2) is 10.3 Å². The highest BCUT2D eigenvalue weighted by Crippen LogP contribution is 2.28. The summed E-state index contributed by atoms with van der Waals surface area (Å²) in [6.07, 6.45) is 2.88. The van der Waals surface area contributed by atoms with Crippen molar-refractivity contribution in [2.24, 2.45) is 0 Å². The van der Waals surface area contributed by atoms with Crippen molar-refractivity contribution in [1.29, 1.82) is 0 Å². The maximum atomic E-state index is 12.4. The SMILES string of the molecule is CSc1nc(C)c(CCC(=O)Nc2ccc3nc(NC(C)=O)sc3c2)c(C)n1. The Morgan fingerprint density at radius 1 is 1.11 bits per heavy atom. The number of thioether (sulfide) groups is 1. The average molecular weight is 416 g/mol. The standard InChI is InChI=1S/C19H21N5O2S2/c1-10-14(11(2)21-18(20-10)27-4)6-8-17(26)23-13-5-7-15-16(9-13)28-19(24-15)22-12(3)25/h5,7,9H,6,8H2,1-4H3,(H,23,26)(H,22,24,25). The number of carbonyl (C=O) groups excluding carboxylic acids is 2. The second kappa shape index (κ2) is 8.66. The van der Waals surface area contributed by atoms with Crippen LogP contribution in [0.2, 0.25) is 0 Å². The molecule has 1 aromatic carbocycles. The number of amides is 2. The fraction of sp³-hybridized carbons (Fsp3) is 0.316. The third-order valence-corrected chi connectivity index (χ3v) is 5.62. The third-order valence-electron chi connectivity index (χ3n) is 4.14. The van der Waals surface area contributed by atoms with Crippen LogP contribution in [-0.4, -0.2) is 33.0 Å². The summed E-state index contributed by atoms with van der Waals surface area (Å²) in [5, 5.41) is 6.90. The number of anilines is 2. The van der Waals surface area contributed by atoms with E-state index in [0.29, 0.717) is 23.7 Å². The number of nitrogens with zero attached hydrogens (tertiary/aromatic N) is 3. The smallest absolute Gasteiger partial charge is 0.224 e. The summed E-state index contributed by atoms with van der Waals surface area (Å²) in [6.45, 7) is 5.35. The highest BCUT2D eigenvalue weighted by molar-refractivity contribution is 7.98. The van der Waals surface area contributed by atoms with Crippen LogP contribution in [0.15, 0.2) is 23.4 Å². The van der Waals surface area contributed by atoms with Crippen molar-refractivity contribution in [1.82, 2.24) is 15.0 Å². The van der Waals surface area contributed by atoms with Crippen LogP contribution in [0, 0.1) is 13.8 Å². The average Bonchev–Trinajstić information content (AvgIpc) is 3.01. The molecule has 3 rings (SSSR count). The van der Waals surface area contributed by atoms with E-state index in [2.05, 4.69) is 25.6 Å². The number of aromatic nitrogens is 3. The molecule has 146 valence electrons. The van der Waals surface area contributed by atoms with Crippen LogP contribution < -0.4 is 10.6 Å². The number of carbonyl (C=O) groups is 2. The van der Waals surface area contributed by atoms with Gasteiger partial charge in [0.05, 0.1) is 10.2 Å². The van der Waals surface area contributed by atoms with E-state index in [1.54, 1.807) is 0 Å². The molecule has 0 spiro atoms. The zero-order valence-electron chi connectivity index (χ0n) is 16.1. The number of nitrogens with one attached hydrogen (secondary N) is 2. The molecule has 0 aliphatic heterocycles. The van der Waals surface area contributed by atoms with E-state index in [-0.39, 0.29) is 11.8 Å². The number of fused-ring (bicyclic) bond motifs is 1. The molecule has 0 saturated carbocycles. The lowest BCUT2D eigenvalue weighted by Gasteiger charge is -2.10. The summed E-state index contributed by atoms with van der Waals surface area (Å²) in [5.41, 5.74) is 4.34. The van der Waals surface area contributed by atoms with Crippen molar-refractivity contribution in [2.75, 3.05) is 16.9 Å². The third kappa shape index (κ3) is 4.85. The Hall–Kier alpha value is -2.52. The highest BCUT2D eigenvalue weighted by atomic mass is 32.2. The monoisotopic (exact) mass is 415 g/mol. The fourth-order valence-electron chi connectivity index (χ4n) is 2.83. The Balaban J connectivity index is 1.65. The minimum absolute atomic E-state index is 0.0707. The van der Waals surface area contributed by atoms with Crippen LogP contribution in [0.5, 0.6) is 0 Å². The van der Waals surface area contributed by atoms with Crippen LogP contribution in [0.25, 0.3) is 10.2 Å². The van der Waals surface area contributed by atoms with Gasteiger partial charge < -0.3 is 10.6 Å². The van der Waals surface area contributed by atoms with E-state index >= 15 is 0 Å².